The minimum atomic E-state index is -0.623. The molecule has 0 atom stereocenters. The number of ether oxygens (including phenoxy) is 2. The summed E-state index contributed by atoms with van der Waals surface area (Å²) in [7, 11) is 0. The third-order valence-electron chi connectivity index (χ3n) is 2.28. The summed E-state index contributed by atoms with van der Waals surface area (Å²) in [5.74, 6) is 0.753. The van der Waals surface area contributed by atoms with Crippen molar-refractivity contribution in [1.82, 2.24) is 0 Å². The molecule has 1 rings (SSSR count). The van der Waals surface area contributed by atoms with Crippen LogP contribution in [0, 0.1) is 0 Å². The third kappa shape index (κ3) is 5.25. The van der Waals surface area contributed by atoms with Crippen molar-refractivity contribution in [3.63, 3.8) is 0 Å². The van der Waals surface area contributed by atoms with Crippen LogP contribution in [0.2, 0.25) is 0 Å². The average molecular weight is 210 g/mol. The first-order valence-electron chi connectivity index (χ1n) is 5.47. The van der Waals surface area contributed by atoms with E-state index in [-0.39, 0.29) is 6.61 Å². The number of hydrogen-bond acceptors (Lipinski definition) is 3. The van der Waals surface area contributed by atoms with Crippen LogP contribution < -0.4 is 0 Å². The van der Waals surface area contributed by atoms with Crippen molar-refractivity contribution < 1.29 is 14.3 Å². The van der Waals surface area contributed by atoms with Crippen LogP contribution in [0.3, 0.4) is 0 Å². The van der Waals surface area contributed by atoms with Gasteiger partial charge in [-0.3, -0.25) is 0 Å². The summed E-state index contributed by atoms with van der Waals surface area (Å²) in [5.41, 5.74) is 0. The highest BCUT2D eigenvalue weighted by Crippen LogP contribution is 2.18. The number of carbonyl (C=O) groups excluding carboxylic acids is 1. The van der Waals surface area contributed by atoms with Crippen LogP contribution in [0.25, 0.3) is 0 Å². The summed E-state index contributed by atoms with van der Waals surface area (Å²) < 4.78 is 9.83. The van der Waals surface area contributed by atoms with Crippen molar-refractivity contribution in [3.8, 4) is 0 Å². The zero-order valence-electron chi connectivity index (χ0n) is 9.04. The summed E-state index contributed by atoms with van der Waals surface area (Å²) in [6.07, 6.45) is 9.46. The minimum absolute atomic E-state index is 0.201. The molecule has 0 saturated carbocycles. The van der Waals surface area contributed by atoms with Crippen molar-refractivity contribution in [2.45, 2.75) is 38.5 Å². The predicted octanol–water partition coefficient (Wildman–Crippen LogP) is 3.56. The molecule has 1 aliphatic rings. The van der Waals surface area contributed by atoms with Gasteiger partial charge in [0, 0.05) is 6.42 Å². The number of rotatable bonds is 3. The Bertz CT molecular complexity index is 243. The van der Waals surface area contributed by atoms with Gasteiger partial charge in [-0.15, -0.1) is 0 Å². The Morgan fingerprint density at radius 2 is 2.20 bits per heavy atom. The van der Waals surface area contributed by atoms with E-state index in [1.807, 2.05) is 6.08 Å². The highest BCUT2D eigenvalue weighted by molar-refractivity contribution is 5.61. The lowest BCUT2D eigenvalue weighted by molar-refractivity contribution is 0.0834. The van der Waals surface area contributed by atoms with E-state index in [9.17, 15) is 4.79 Å². The highest BCUT2D eigenvalue weighted by atomic mass is 16.7. The zero-order chi connectivity index (χ0) is 10.9. The molecular formula is C12H18O3. The molecule has 0 aliphatic heterocycles. The second-order valence-corrected chi connectivity index (χ2v) is 3.58. The Balaban J connectivity index is 2.33. The summed E-state index contributed by atoms with van der Waals surface area (Å²) in [4.78, 5) is 11.1. The molecule has 0 unspecified atom stereocenters. The Morgan fingerprint density at radius 3 is 3.00 bits per heavy atom. The topological polar surface area (TPSA) is 35.5 Å². The molecule has 84 valence electrons. The molecule has 0 saturated heterocycles. The van der Waals surface area contributed by atoms with Crippen molar-refractivity contribution in [2.24, 2.45) is 0 Å². The fourth-order valence-corrected chi connectivity index (χ4v) is 1.52. The van der Waals surface area contributed by atoms with Gasteiger partial charge in [0.15, 0.2) is 0 Å². The van der Waals surface area contributed by atoms with Crippen LogP contribution in [0.5, 0.6) is 0 Å². The summed E-state index contributed by atoms with van der Waals surface area (Å²) >= 11 is 0. The van der Waals surface area contributed by atoms with Gasteiger partial charge in [-0.05, 0) is 25.3 Å². The van der Waals surface area contributed by atoms with Gasteiger partial charge < -0.3 is 9.47 Å². The van der Waals surface area contributed by atoms with Crippen LogP contribution >= 0.6 is 0 Å². The molecule has 0 amide bonds. The predicted molar refractivity (Wildman–Crippen MR) is 58.4 cm³/mol. The molecule has 3 nitrogen and oxygen atoms in total. The monoisotopic (exact) mass is 210 g/mol. The fraction of sp³-hybridized carbons (Fsp3) is 0.583. The Labute approximate surface area is 90.8 Å². The SMILES string of the molecule is C=CCOC(=O)OC1=CCCCCCC1. The molecule has 0 bridgehead atoms. The van der Waals surface area contributed by atoms with E-state index < -0.39 is 6.16 Å². The molecule has 0 heterocycles. The van der Waals surface area contributed by atoms with Crippen LogP contribution in [0.4, 0.5) is 4.79 Å². The molecule has 0 radical (unpaired) electrons. The molecule has 0 spiro atoms. The Hall–Kier alpha value is -1.25. The van der Waals surface area contributed by atoms with Gasteiger partial charge in [-0.1, -0.05) is 25.5 Å². The molecular weight excluding hydrogens is 192 g/mol. The lowest BCUT2D eigenvalue weighted by Crippen LogP contribution is -2.08. The van der Waals surface area contributed by atoms with E-state index in [2.05, 4.69) is 6.58 Å². The maximum atomic E-state index is 11.1. The van der Waals surface area contributed by atoms with Crippen molar-refractivity contribution in [3.05, 3.63) is 24.5 Å². The van der Waals surface area contributed by atoms with Gasteiger partial charge in [0.25, 0.3) is 0 Å². The maximum Gasteiger partial charge on any atom is 0.513 e. The molecule has 0 N–H and O–H groups in total. The molecule has 3 heteroatoms. The van der Waals surface area contributed by atoms with Gasteiger partial charge in [0.2, 0.25) is 0 Å². The normalized spacial score (nSPS) is 16.9. The Kier molecular flexibility index (Phi) is 5.59. The lowest BCUT2D eigenvalue weighted by Gasteiger charge is -2.11. The fourth-order valence-electron chi connectivity index (χ4n) is 1.52. The molecule has 15 heavy (non-hydrogen) atoms. The van der Waals surface area contributed by atoms with E-state index in [0.29, 0.717) is 0 Å². The summed E-state index contributed by atoms with van der Waals surface area (Å²) in [6, 6.07) is 0. The first-order valence-corrected chi connectivity index (χ1v) is 5.47. The van der Waals surface area contributed by atoms with Crippen molar-refractivity contribution in [2.75, 3.05) is 6.61 Å². The molecule has 0 aromatic rings. The van der Waals surface area contributed by atoms with E-state index in [1.165, 1.54) is 25.3 Å². The standard InChI is InChI=1S/C12H18O3/c1-2-10-14-12(13)15-11-8-6-4-3-5-7-9-11/h2,8H,1,3-7,9-10H2. The molecule has 0 fully saturated rings. The number of hydrogen-bond donors (Lipinski definition) is 0. The first-order chi connectivity index (χ1) is 7.33. The number of allylic oxidation sites excluding steroid dienone is 2. The Morgan fingerprint density at radius 1 is 1.40 bits per heavy atom. The van der Waals surface area contributed by atoms with Crippen LogP contribution in [0.1, 0.15) is 38.5 Å². The van der Waals surface area contributed by atoms with E-state index in [0.717, 1.165) is 25.0 Å². The summed E-state index contributed by atoms with van der Waals surface area (Å²) in [6.45, 7) is 3.66. The highest BCUT2D eigenvalue weighted by Gasteiger charge is 2.09. The van der Waals surface area contributed by atoms with Gasteiger partial charge in [0.05, 0.1) is 0 Å². The van der Waals surface area contributed by atoms with Crippen LogP contribution in [0.15, 0.2) is 24.5 Å². The van der Waals surface area contributed by atoms with Gasteiger partial charge >= 0.3 is 6.16 Å². The quantitative estimate of drug-likeness (QED) is 0.527. The third-order valence-corrected chi connectivity index (χ3v) is 2.28. The molecule has 1 aliphatic carbocycles. The van der Waals surface area contributed by atoms with Gasteiger partial charge in [0.1, 0.15) is 12.4 Å². The van der Waals surface area contributed by atoms with Crippen LogP contribution in [-0.2, 0) is 9.47 Å². The maximum absolute atomic E-state index is 11.1. The average Bonchev–Trinajstić information content (AvgIpc) is 2.19. The second-order valence-electron chi connectivity index (χ2n) is 3.58. The van der Waals surface area contributed by atoms with E-state index in [1.54, 1.807) is 0 Å². The van der Waals surface area contributed by atoms with Gasteiger partial charge in [-0.25, -0.2) is 4.79 Å². The summed E-state index contributed by atoms with van der Waals surface area (Å²) in [5, 5.41) is 0. The molecule has 0 aromatic carbocycles. The molecule has 0 aromatic heterocycles. The number of carbonyl (C=O) groups is 1. The lowest BCUT2D eigenvalue weighted by atomic mass is 10.1. The van der Waals surface area contributed by atoms with Crippen molar-refractivity contribution >= 4 is 6.16 Å². The van der Waals surface area contributed by atoms with Crippen molar-refractivity contribution in [1.29, 1.82) is 0 Å². The van der Waals surface area contributed by atoms with E-state index in [4.69, 9.17) is 9.47 Å². The second kappa shape index (κ2) is 7.10. The zero-order valence-corrected chi connectivity index (χ0v) is 9.04. The minimum Gasteiger partial charge on any atom is -0.430 e. The van der Waals surface area contributed by atoms with Crippen LogP contribution in [-0.4, -0.2) is 12.8 Å². The largest absolute Gasteiger partial charge is 0.513 e. The smallest absolute Gasteiger partial charge is 0.430 e. The van der Waals surface area contributed by atoms with Gasteiger partial charge in [-0.2, -0.15) is 0 Å². The first kappa shape index (κ1) is 11.8. The van der Waals surface area contributed by atoms with E-state index >= 15 is 0 Å².